The van der Waals surface area contributed by atoms with Gasteiger partial charge in [-0.05, 0) is 63.1 Å². The standard InChI is InChI=1S/C30H34F3N5O4/c1-19-24(26(39)36-12-14-37(15-13-36)28(41)42-29(2,3)4)25(22-10-8-20(17-34)9-11-22)35-27(40)38(19)18-21-6-5-7-23(16-21)30(31,32)33/h5-11,16,25,27,35,40H,12-15,18H2,1-4H3/t25-,27?/m1/s1. The Morgan fingerprint density at radius 1 is 1.05 bits per heavy atom. The van der Waals surface area contributed by atoms with Crippen LogP contribution in [0.3, 0.4) is 0 Å². The summed E-state index contributed by atoms with van der Waals surface area (Å²) in [7, 11) is 0. The van der Waals surface area contributed by atoms with E-state index in [4.69, 9.17) is 4.74 Å². The topological polar surface area (TPSA) is 109 Å². The molecule has 0 aliphatic carbocycles. The number of aliphatic hydroxyl groups excluding tert-OH is 1. The first kappa shape index (κ1) is 30.9. The summed E-state index contributed by atoms with van der Waals surface area (Å²) in [5, 5.41) is 23.3. The summed E-state index contributed by atoms with van der Waals surface area (Å²) in [4.78, 5) is 31.2. The zero-order valence-electron chi connectivity index (χ0n) is 23.9. The van der Waals surface area contributed by atoms with Gasteiger partial charge in [0.15, 0.2) is 6.35 Å². The number of hydrogen-bond donors (Lipinski definition) is 2. The molecular formula is C30H34F3N5O4. The molecule has 0 radical (unpaired) electrons. The summed E-state index contributed by atoms with van der Waals surface area (Å²) in [6, 6.07) is 12.7. The molecule has 2 amide bonds. The van der Waals surface area contributed by atoms with Gasteiger partial charge in [-0.1, -0.05) is 24.3 Å². The Morgan fingerprint density at radius 3 is 2.24 bits per heavy atom. The zero-order valence-corrected chi connectivity index (χ0v) is 23.9. The Bertz CT molecular complexity index is 1390. The largest absolute Gasteiger partial charge is 0.444 e. The number of ether oxygens (including phenoxy) is 1. The summed E-state index contributed by atoms with van der Waals surface area (Å²) >= 11 is 0. The van der Waals surface area contributed by atoms with Crippen LogP contribution < -0.4 is 5.32 Å². The second-order valence-corrected chi connectivity index (χ2v) is 11.3. The van der Waals surface area contributed by atoms with Crippen molar-refractivity contribution in [2.75, 3.05) is 26.2 Å². The Kier molecular flexibility index (Phi) is 8.84. The molecule has 2 aromatic rings. The van der Waals surface area contributed by atoms with Gasteiger partial charge in [0.1, 0.15) is 5.60 Å². The molecule has 0 spiro atoms. The van der Waals surface area contributed by atoms with Crippen LogP contribution in [0.5, 0.6) is 0 Å². The fourth-order valence-corrected chi connectivity index (χ4v) is 5.00. The van der Waals surface area contributed by atoms with Crippen molar-refractivity contribution in [1.29, 1.82) is 5.26 Å². The minimum atomic E-state index is -4.52. The number of carbonyl (C=O) groups is 2. The Hall–Kier alpha value is -4.08. The molecule has 4 rings (SSSR count). The highest BCUT2D eigenvalue weighted by Gasteiger charge is 2.39. The van der Waals surface area contributed by atoms with Crippen molar-refractivity contribution < 1.29 is 32.6 Å². The molecule has 2 aliphatic rings. The molecule has 2 aromatic carbocycles. The predicted octanol–water partition coefficient (Wildman–Crippen LogP) is 4.35. The van der Waals surface area contributed by atoms with E-state index in [1.54, 1.807) is 56.9 Å². The highest BCUT2D eigenvalue weighted by molar-refractivity contribution is 5.96. The fourth-order valence-electron chi connectivity index (χ4n) is 5.00. The predicted molar refractivity (Wildman–Crippen MR) is 147 cm³/mol. The molecule has 2 aliphatic heterocycles. The lowest BCUT2D eigenvalue weighted by Crippen LogP contribution is -2.56. The van der Waals surface area contributed by atoms with E-state index in [1.807, 2.05) is 6.07 Å². The molecule has 1 fully saturated rings. The number of halogens is 3. The number of alkyl halides is 3. The number of hydrogen-bond acceptors (Lipinski definition) is 7. The summed E-state index contributed by atoms with van der Waals surface area (Å²) in [5.74, 6) is -0.334. The van der Waals surface area contributed by atoms with Crippen LogP contribution >= 0.6 is 0 Å². The van der Waals surface area contributed by atoms with Crippen LogP contribution in [0.15, 0.2) is 59.8 Å². The van der Waals surface area contributed by atoms with E-state index in [-0.39, 0.29) is 38.6 Å². The number of nitrogens with zero attached hydrogens (tertiary/aromatic N) is 4. The molecule has 2 atom stereocenters. The van der Waals surface area contributed by atoms with E-state index in [2.05, 4.69) is 5.32 Å². The van der Waals surface area contributed by atoms with Crippen molar-refractivity contribution >= 4 is 12.0 Å². The van der Waals surface area contributed by atoms with E-state index in [0.717, 1.165) is 12.1 Å². The van der Waals surface area contributed by atoms with Gasteiger partial charge in [-0.15, -0.1) is 0 Å². The van der Waals surface area contributed by atoms with Gasteiger partial charge in [-0.3, -0.25) is 10.1 Å². The van der Waals surface area contributed by atoms with Crippen molar-refractivity contribution in [2.45, 2.75) is 58.4 Å². The molecule has 1 saturated heterocycles. The molecule has 12 heteroatoms. The van der Waals surface area contributed by atoms with Crippen LogP contribution in [0.25, 0.3) is 0 Å². The molecule has 0 bridgehead atoms. The molecule has 0 aromatic heterocycles. The van der Waals surface area contributed by atoms with E-state index >= 15 is 0 Å². The third kappa shape index (κ3) is 7.03. The average Bonchev–Trinajstić information content (AvgIpc) is 2.93. The van der Waals surface area contributed by atoms with Crippen molar-refractivity contribution in [3.05, 3.63) is 82.1 Å². The Balaban J connectivity index is 1.64. The summed E-state index contributed by atoms with van der Waals surface area (Å²) < 4.78 is 45.5. The molecule has 1 unspecified atom stereocenters. The maximum absolute atomic E-state index is 14.0. The van der Waals surface area contributed by atoms with Crippen molar-refractivity contribution in [3.8, 4) is 6.07 Å². The van der Waals surface area contributed by atoms with Crippen LogP contribution in [0.4, 0.5) is 18.0 Å². The molecule has 42 heavy (non-hydrogen) atoms. The van der Waals surface area contributed by atoms with Gasteiger partial charge in [-0.25, -0.2) is 4.79 Å². The first-order valence-corrected chi connectivity index (χ1v) is 13.5. The number of allylic oxidation sites excluding steroid dienone is 1. The van der Waals surface area contributed by atoms with Gasteiger partial charge >= 0.3 is 12.3 Å². The van der Waals surface area contributed by atoms with E-state index in [9.17, 15) is 33.1 Å². The first-order chi connectivity index (χ1) is 19.7. The number of carbonyl (C=O) groups excluding carboxylic acids is 2. The van der Waals surface area contributed by atoms with Crippen LogP contribution in [0, 0.1) is 11.3 Å². The zero-order chi connectivity index (χ0) is 30.8. The number of rotatable bonds is 4. The summed E-state index contributed by atoms with van der Waals surface area (Å²) in [6.45, 7) is 7.90. The van der Waals surface area contributed by atoms with Gasteiger partial charge in [0.25, 0.3) is 5.91 Å². The number of aliphatic hydroxyl groups is 1. The van der Waals surface area contributed by atoms with Crippen LogP contribution in [0.1, 0.15) is 56.0 Å². The first-order valence-electron chi connectivity index (χ1n) is 13.5. The van der Waals surface area contributed by atoms with Gasteiger partial charge in [0, 0.05) is 38.4 Å². The third-order valence-electron chi connectivity index (χ3n) is 7.15. The SMILES string of the molecule is CC1=C(C(=O)N2CCN(C(=O)OC(C)(C)C)CC2)[C@@H](c2ccc(C#N)cc2)NC(O)N1Cc1cccc(C(F)(F)F)c1. The fraction of sp³-hybridized carbons (Fsp3) is 0.433. The normalized spacial score (nSPS) is 19.9. The van der Waals surface area contributed by atoms with E-state index in [0.29, 0.717) is 28.0 Å². The van der Waals surface area contributed by atoms with E-state index < -0.39 is 35.8 Å². The maximum Gasteiger partial charge on any atom is 0.416 e. The van der Waals surface area contributed by atoms with Crippen molar-refractivity contribution in [3.63, 3.8) is 0 Å². The van der Waals surface area contributed by atoms with Crippen molar-refractivity contribution in [1.82, 2.24) is 20.0 Å². The van der Waals surface area contributed by atoms with Crippen molar-refractivity contribution in [2.24, 2.45) is 0 Å². The Labute approximate surface area is 242 Å². The summed E-state index contributed by atoms with van der Waals surface area (Å²) in [6.07, 6.45) is -6.31. The minimum Gasteiger partial charge on any atom is -0.444 e. The lowest BCUT2D eigenvalue weighted by atomic mass is 9.92. The van der Waals surface area contributed by atoms with Gasteiger partial charge in [0.2, 0.25) is 0 Å². The number of nitrogens with one attached hydrogen (secondary N) is 1. The smallest absolute Gasteiger partial charge is 0.416 e. The van der Waals surface area contributed by atoms with Gasteiger partial charge in [0.05, 0.1) is 28.8 Å². The lowest BCUT2D eigenvalue weighted by molar-refractivity contribution is -0.137. The third-order valence-corrected chi connectivity index (χ3v) is 7.15. The van der Waals surface area contributed by atoms with Crippen LogP contribution in [-0.4, -0.2) is 69.9 Å². The Morgan fingerprint density at radius 2 is 1.67 bits per heavy atom. The number of benzene rings is 2. The second kappa shape index (κ2) is 12.0. The highest BCUT2D eigenvalue weighted by atomic mass is 19.4. The second-order valence-electron chi connectivity index (χ2n) is 11.3. The molecule has 0 saturated carbocycles. The van der Waals surface area contributed by atoms with Crippen LogP contribution in [0.2, 0.25) is 0 Å². The number of nitriles is 1. The highest BCUT2D eigenvalue weighted by Crippen LogP contribution is 2.35. The monoisotopic (exact) mass is 585 g/mol. The van der Waals surface area contributed by atoms with E-state index in [1.165, 1.54) is 21.9 Å². The maximum atomic E-state index is 14.0. The number of piperazine rings is 1. The van der Waals surface area contributed by atoms with Gasteiger partial charge < -0.3 is 24.5 Å². The summed E-state index contributed by atoms with van der Waals surface area (Å²) in [5.41, 5.74) is 0.596. The van der Waals surface area contributed by atoms with Gasteiger partial charge in [-0.2, -0.15) is 18.4 Å². The molecule has 2 N–H and O–H groups in total. The minimum absolute atomic E-state index is 0.0901. The molecule has 9 nitrogen and oxygen atoms in total. The molecule has 2 heterocycles. The molecule has 224 valence electrons. The number of amides is 2. The quantitative estimate of drug-likeness (QED) is 0.549. The van der Waals surface area contributed by atoms with Crippen LogP contribution in [-0.2, 0) is 22.3 Å². The lowest BCUT2D eigenvalue weighted by Gasteiger charge is -2.43. The molecular weight excluding hydrogens is 551 g/mol. The average molecular weight is 586 g/mol.